The summed E-state index contributed by atoms with van der Waals surface area (Å²) in [6.45, 7) is 6.84. The quantitative estimate of drug-likeness (QED) is 0.764. The summed E-state index contributed by atoms with van der Waals surface area (Å²) in [6.07, 6.45) is 3.48. The fraction of sp³-hybridized carbons (Fsp3) is 0.550. The lowest BCUT2D eigenvalue weighted by molar-refractivity contribution is -0.126. The molecule has 142 valence electrons. The number of hydrogen-bond donors (Lipinski definition) is 2. The van der Waals surface area contributed by atoms with Gasteiger partial charge in [-0.1, -0.05) is 13.3 Å². The van der Waals surface area contributed by atoms with Crippen LogP contribution >= 0.6 is 0 Å². The molecule has 0 radical (unpaired) electrons. The molecule has 2 atom stereocenters. The van der Waals surface area contributed by atoms with Crippen LogP contribution in [-0.2, 0) is 4.79 Å². The van der Waals surface area contributed by atoms with Gasteiger partial charge in [-0.25, -0.2) is 4.79 Å². The summed E-state index contributed by atoms with van der Waals surface area (Å²) >= 11 is 0. The largest absolute Gasteiger partial charge is 0.478 e. The molecule has 2 amide bonds. The lowest BCUT2D eigenvalue weighted by Gasteiger charge is -2.37. The maximum absolute atomic E-state index is 13.0. The van der Waals surface area contributed by atoms with Crippen LogP contribution in [0.2, 0.25) is 0 Å². The standard InChI is InChI=1S/C20H28N2O4/c1-4-5-8-21-18(23)15-7-6-14(3)22(12-15)19(24)16-9-13(2)10-17(11-16)20(25)26/h9-11,14-15H,4-8,12H2,1-3H3,(H,21,23)(H,25,26). The van der Waals surface area contributed by atoms with E-state index in [1.807, 2.05) is 6.92 Å². The number of benzene rings is 1. The normalized spacial score (nSPS) is 19.9. The van der Waals surface area contributed by atoms with Crippen molar-refractivity contribution in [1.82, 2.24) is 10.2 Å². The molecule has 0 aromatic heterocycles. The van der Waals surface area contributed by atoms with Gasteiger partial charge in [0.05, 0.1) is 11.5 Å². The molecular weight excluding hydrogens is 332 g/mol. The number of piperidine rings is 1. The van der Waals surface area contributed by atoms with Gasteiger partial charge in [0, 0.05) is 24.7 Å². The van der Waals surface area contributed by atoms with Gasteiger partial charge in [0.25, 0.3) is 5.91 Å². The van der Waals surface area contributed by atoms with Crippen molar-refractivity contribution >= 4 is 17.8 Å². The van der Waals surface area contributed by atoms with Crippen LogP contribution in [0.1, 0.15) is 65.8 Å². The number of aryl methyl sites for hydroxylation is 1. The molecule has 1 heterocycles. The third-order valence-corrected chi connectivity index (χ3v) is 4.91. The monoisotopic (exact) mass is 360 g/mol. The van der Waals surface area contributed by atoms with Crippen molar-refractivity contribution in [3.8, 4) is 0 Å². The van der Waals surface area contributed by atoms with Gasteiger partial charge in [-0.15, -0.1) is 0 Å². The fourth-order valence-corrected chi connectivity index (χ4v) is 3.33. The zero-order valence-electron chi connectivity index (χ0n) is 15.7. The van der Waals surface area contributed by atoms with Crippen LogP contribution in [0.25, 0.3) is 0 Å². The zero-order valence-corrected chi connectivity index (χ0v) is 15.7. The second-order valence-corrected chi connectivity index (χ2v) is 7.12. The minimum absolute atomic E-state index is 0.00128. The van der Waals surface area contributed by atoms with Gasteiger partial charge < -0.3 is 15.3 Å². The smallest absolute Gasteiger partial charge is 0.335 e. The number of rotatable bonds is 6. The lowest BCUT2D eigenvalue weighted by Crippen LogP contribution is -2.49. The molecule has 1 aliphatic heterocycles. The lowest BCUT2D eigenvalue weighted by atomic mass is 9.91. The predicted octanol–water partition coefficient (Wildman–Crippen LogP) is 2.85. The minimum atomic E-state index is -1.05. The van der Waals surface area contributed by atoms with Crippen molar-refractivity contribution in [2.45, 2.75) is 52.5 Å². The second-order valence-electron chi connectivity index (χ2n) is 7.12. The van der Waals surface area contributed by atoms with Gasteiger partial charge in [0.1, 0.15) is 0 Å². The topological polar surface area (TPSA) is 86.7 Å². The molecule has 2 unspecified atom stereocenters. The van der Waals surface area contributed by atoms with Crippen molar-refractivity contribution in [2.75, 3.05) is 13.1 Å². The molecule has 2 N–H and O–H groups in total. The number of unbranched alkanes of at least 4 members (excludes halogenated alkanes) is 1. The van der Waals surface area contributed by atoms with Crippen molar-refractivity contribution in [3.05, 3.63) is 34.9 Å². The van der Waals surface area contributed by atoms with E-state index in [-0.39, 0.29) is 29.3 Å². The van der Waals surface area contributed by atoms with Crippen LogP contribution in [0.5, 0.6) is 0 Å². The van der Waals surface area contributed by atoms with E-state index in [0.29, 0.717) is 18.7 Å². The molecule has 2 rings (SSSR count). The van der Waals surface area contributed by atoms with Crippen LogP contribution in [0.4, 0.5) is 0 Å². The van der Waals surface area contributed by atoms with Gasteiger partial charge in [0.2, 0.25) is 5.91 Å². The van der Waals surface area contributed by atoms with Crippen LogP contribution in [-0.4, -0.2) is 46.9 Å². The van der Waals surface area contributed by atoms with Crippen LogP contribution in [0, 0.1) is 12.8 Å². The Labute approximate surface area is 154 Å². The highest BCUT2D eigenvalue weighted by Crippen LogP contribution is 2.24. The summed E-state index contributed by atoms with van der Waals surface area (Å²) in [4.78, 5) is 38.3. The summed E-state index contributed by atoms with van der Waals surface area (Å²) in [5.74, 6) is -1.48. The number of carboxylic acid groups (broad SMARTS) is 1. The van der Waals surface area contributed by atoms with Gasteiger partial charge >= 0.3 is 5.97 Å². The number of nitrogens with one attached hydrogen (secondary N) is 1. The average molecular weight is 360 g/mol. The van der Waals surface area contributed by atoms with Crippen LogP contribution in [0.15, 0.2) is 18.2 Å². The Bertz CT molecular complexity index is 686. The molecule has 0 saturated carbocycles. The molecule has 1 fully saturated rings. The van der Waals surface area contributed by atoms with Crippen molar-refractivity contribution in [2.24, 2.45) is 5.92 Å². The van der Waals surface area contributed by atoms with Crippen LogP contribution < -0.4 is 5.32 Å². The molecular formula is C20H28N2O4. The second kappa shape index (κ2) is 8.83. The van der Waals surface area contributed by atoms with E-state index in [9.17, 15) is 19.5 Å². The number of hydrogen-bond acceptors (Lipinski definition) is 3. The number of carboxylic acids is 1. The minimum Gasteiger partial charge on any atom is -0.478 e. The summed E-state index contributed by atoms with van der Waals surface area (Å²) in [5.41, 5.74) is 1.19. The van der Waals surface area contributed by atoms with Crippen molar-refractivity contribution in [3.63, 3.8) is 0 Å². The third kappa shape index (κ3) is 4.84. The Morgan fingerprint density at radius 3 is 2.54 bits per heavy atom. The van der Waals surface area contributed by atoms with Gasteiger partial charge in [-0.2, -0.15) is 0 Å². The Morgan fingerprint density at radius 2 is 1.88 bits per heavy atom. The Kier molecular flexibility index (Phi) is 6.77. The molecule has 1 aromatic rings. The van der Waals surface area contributed by atoms with E-state index in [2.05, 4.69) is 12.2 Å². The molecule has 1 aromatic carbocycles. The third-order valence-electron chi connectivity index (χ3n) is 4.91. The number of nitrogens with zero attached hydrogens (tertiary/aromatic N) is 1. The SMILES string of the molecule is CCCCNC(=O)C1CCC(C)N(C(=O)c2cc(C)cc(C(=O)O)c2)C1. The van der Waals surface area contributed by atoms with Gasteiger partial charge in [0.15, 0.2) is 0 Å². The van der Waals surface area contributed by atoms with E-state index < -0.39 is 5.97 Å². The predicted molar refractivity (Wildman–Crippen MR) is 99.3 cm³/mol. The number of carbonyl (C=O) groups excluding carboxylic acids is 2. The molecule has 1 aliphatic rings. The highest BCUT2D eigenvalue weighted by atomic mass is 16.4. The summed E-state index contributed by atoms with van der Waals surface area (Å²) in [7, 11) is 0. The molecule has 6 nitrogen and oxygen atoms in total. The Morgan fingerprint density at radius 1 is 1.19 bits per heavy atom. The number of likely N-dealkylation sites (tertiary alicyclic amines) is 1. The maximum atomic E-state index is 13.0. The number of amides is 2. The maximum Gasteiger partial charge on any atom is 0.335 e. The molecule has 6 heteroatoms. The van der Waals surface area contributed by atoms with E-state index in [1.165, 1.54) is 6.07 Å². The van der Waals surface area contributed by atoms with E-state index in [4.69, 9.17) is 0 Å². The van der Waals surface area contributed by atoms with Crippen LogP contribution in [0.3, 0.4) is 0 Å². The molecule has 0 spiro atoms. The number of carbonyl (C=O) groups is 3. The summed E-state index contributed by atoms with van der Waals surface area (Å²) < 4.78 is 0. The first-order valence-corrected chi connectivity index (χ1v) is 9.27. The Balaban J connectivity index is 2.14. The van der Waals surface area contributed by atoms with E-state index in [1.54, 1.807) is 24.0 Å². The van der Waals surface area contributed by atoms with E-state index >= 15 is 0 Å². The number of aromatic carboxylic acids is 1. The molecule has 0 bridgehead atoms. The molecule has 26 heavy (non-hydrogen) atoms. The fourth-order valence-electron chi connectivity index (χ4n) is 3.33. The first kappa shape index (κ1) is 19.9. The summed E-state index contributed by atoms with van der Waals surface area (Å²) in [6, 6.07) is 4.68. The van der Waals surface area contributed by atoms with Gasteiger partial charge in [-0.05, 0) is 56.9 Å². The first-order valence-electron chi connectivity index (χ1n) is 9.27. The molecule has 1 saturated heterocycles. The van der Waals surface area contributed by atoms with Crippen molar-refractivity contribution < 1.29 is 19.5 Å². The Hall–Kier alpha value is -2.37. The average Bonchev–Trinajstić information content (AvgIpc) is 2.61. The zero-order chi connectivity index (χ0) is 19.3. The molecule has 0 aliphatic carbocycles. The highest BCUT2D eigenvalue weighted by Gasteiger charge is 2.33. The first-order chi connectivity index (χ1) is 12.3. The van der Waals surface area contributed by atoms with Crippen molar-refractivity contribution in [1.29, 1.82) is 0 Å². The highest BCUT2D eigenvalue weighted by molar-refractivity contribution is 5.98. The van der Waals surface area contributed by atoms with Gasteiger partial charge in [-0.3, -0.25) is 9.59 Å². The van der Waals surface area contributed by atoms with E-state index in [0.717, 1.165) is 31.2 Å². The summed E-state index contributed by atoms with van der Waals surface area (Å²) in [5, 5.41) is 12.2.